The molecule has 0 saturated heterocycles. The average Bonchev–Trinajstić information content (AvgIpc) is 2.71. The summed E-state index contributed by atoms with van der Waals surface area (Å²) in [4.78, 5) is 25.9. The molecule has 5 nitrogen and oxygen atoms in total. The SMILES string of the molecule is CC(c1ccnnc1Cl)N1C(=O)c2ccccc2C1=O. The summed E-state index contributed by atoms with van der Waals surface area (Å²) in [5.74, 6) is -0.628. The van der Waals surface area contributed by atoms with Crippen molar-refractivity contribution in [2.45, 2.75) is 13.0 Å². The molecule has 1 aliphatic rings. The molecule has 0 fully saturated rings. The molecule has 2 heterocycles. The van der Waals surface area contributed by atoms with Gasteiger partial charge in [-0.2, -0.15) is 5.10 Å². The van der Waals surface area contributed by atoms with Crippen LogP contribution in [-0.2, 0) is 0 Å². The summed E-state index contributed by atoms with van der Waals surface area (Å²) in [6.45, 7) is 1.74. The first-order valence-electron chi connectivity index (χ1n) is 6.05. The van der Waals surface area contributed by atoms with E-state index in [1.807, 2.05) is 0 Å². The summed E-state index contributed by atoms with van der Waals surface area (Å²) in [6.07, 6.45) is 1.48. The molecule has 6 heteroatoms. The molecule has 2 amide bonds. The molecule has 20 heavy (non-hydrogen) atoms. The third-order valence-electron chi connectivity index (χ3n) is 3.37. The van der Waals surface area contributed by atoms with E-state index in [1.54, 1.807) is 37.3 Å². The van der Waals surface area contributed by atoms with E-state index in [4.69, 9.17) is 11.6 Å². The summed E-state index contributed by atoms with van der Waals surface area (Å²) in [7, 11) is 0. The van der Waals surface area contributed by atoms with Crippen LogP contribution in [0.2, 0.25) is 5.15 Å². The van der Waals surface area contributed by atoms with Crippen molar-refractivity contribution >= 4 is 23.4 Å². The molecule has 1 aromatic heterocycles. The summed E-state index contributed by atoms with van der Waals surface area (Å²) in [5.41, 5.74) is 1.43. The van der Waals surface area contributed by atoms with E-state index in [0.717, 1.165) is 0 Å². The molecule has 1 aliphatic heterocycles. The van der Waals surface area contributed by atoms with Gasteiger partial charge < -0.3 is 0 Å². The van der Waals surface area contributed by atoms with E-state index >= 15 is 0 Å². The number of hydrogen-bond donors (Lipinski definition) is 0. The van der Waals surface area contributed by atoms with Crippen LogP contribution in [0.3, 0.4) is 0 Å². The van der Waals surface area contributed by atoms with Crippen molar-refractivity contribution in [3.63, 3.8) is 0 Å². The fraction of sp³-hybridized carbons (Fsp3) is 0.143. The minimum Gasteiger partial charge on any atom is -0.269 e. The zero-order valence-electron chi connectivity index (χ0n) is 10.6. The van der Waals surface area contributed by atoms with Crippen LogP contribution >= 0.6 is 11.6 Å². The Hall–Kier alpha value is -2.27. The number of imide groups is 1. The molecule has 0 aliphatic carbocycles. The minimum absolute atomic E-state index is 0.191. The van der Waals surface area contributed by atoms with Crippen LogP contribution in [0.5, 0.6) is 0 Å². The van der Waals surface area contributed by atoms with E-state index in [1.165, 1.54) is 11.1 Å². The molecule has 0 spiro atoms. The zero-order chi connectivity index (χ0) is 14.3. The number of carbonyl (C=O) groups is 2. The Kier molecular flexibility index (Phi) is 2.99. The van der Waals surface area contributed by atoms with Gasteiger partial charge in [0.2, 0.25) is 0 Å². The lowest BCUT2D eigenvalue weighted by Gasteiger charge is -2.22. The van der Waals surface area contributed by atoms with Crippen LogP contribution in [0, 0.1) is 0 Å². The van der Waals surface area contributed by atoms with Gasteiger partial charge in [-0.15, -0.1) is 5.10 Å². The summed E-state index contributed by atoms with van der Waals surface area (Å²) in [5, 5.41) is 7.59. The molecule has 0 radical (unpaired) electrons. The normalized spacial score (nSPS) is 15.4. The fourth-order valence-corrected chi connectivity index (χ4v) is 2.60. The largest absolute Gasteiger partial charge is 0.269 e. The van der Waals surface area contributed by atoms with Crippen molar-refractivity contribution in [1.29, 1.82) is 0 Å². The Labute approximate surface area is 120 Å². The highest BCUT2D eigenvalue weighted by atomic mass is 35.5. The number of benzene rings is 1. The summed E-state index contributed by atoms with van der Waals surface area (Å²) in [6, 6.07) is 7.93. The van der Waals surface area contributed by atoms with E-state index < -0.39 is 6.04 Å². The van der Waals surface area contributed by atoms with Crippen LogP contribution < -0.4 is 0 Å². The number of fused-ring (bicyclic) bond motifs is 1. The van der Waals surface area contributed by atoms with Gasteiger partial charge in [0.15, 0.2) is 5.15 Å². The van der Waals surface area contributed by atoms with Gasteiger partial charge in [-0.25, -0.2) is 0 Å². The van der Waals surface area contributed by atoms with Crippen LogP contribution in [0.25, 0.3) is 0 Å². The molecule has 100 valence electrons. The van der Waals surface area contributed by atoms with Crippen molar-refractivity contribution in [2.24, 2.45) is 0 Å². The smallest absolute Gasteiger partial charge is 0.262 e. The quantitative estimate of drug-likeness (QED) is 0.796. The molecule has 3 rings (SSSR count). The lowest BCUT2D eigenvalue weighted by molar-refractivity contribution is 0.0595. The van der Waals surface area contributed by atoms with Gasteiger partial charge in [0.25, 0.3) is 11.8 Å². The zero-order valence-corrected chi connectivity index (χ0v) is 11.3. The van der Waals surface area contributed by atoms with Crippen molar-refractivity contribution < 1.29 is 9.59 Å². The second-order valence-electron chi connectivity index (χ2n) is 4.48. The number of halogens is 1. The first-order chi connectivity index (χ1) is 9.61. The number of nitrogens with zero attached hydrogens (tertiary/aromatic N) is 3. The average molecular weight is 288 g/mol. The fourth-order valence-electron chi connectivity index (χ4n) is 2.33. The number of carbonyl (C=O) groups excluding carboxylic acids is 2. The maximum Gasteiger partial charge on any atom is 0.262 e. The maximum atomic E-state index is 12.4. The Balaban J connectivity index is 2.03. The monoisotopic (exact) mass is 287 g/mol. The standard InChI is InChI=1S/C14H10ClN3O2/c1-8(9-6-7-16-17-12(9)15)18-13(19)10-4-2-3-5-11(10)14(18)20/h2-8H,1H3. The highest BCUT2D eigenvalue weighted by Crippen LogP contribution is 2.32. The number of aromatic nitrogens is 2. The first kappa shape index (κ1) is 12.7. The summed E-state index contributed by atoms with van der Waals surface area (Å²) < 4.78 is 0. The lowest BCUT2D eigenvalue weighted by Crippen LogP contribution is -2.32. The topological polar surface area (TPSA) is 63.2 Å². The third-order valence-corrected chi connectivity index (χ3v) is 3.66. The molecule has 0 N–H and O–H groups in total. The van der Waals surface area contributed by atoms with Crippen LogP contribution in [-0.4, -0.2) is 26.9 Å². The van der Waals surface area contributed by atoms with Crippen molar-refractivity contribution in [2.75, 3.05) is 0 Å². The molecule has 0 saturated carbocycles. The molecule has 1 atom stereocenters. The second-order valence-corrected chi connectivity index (χ2v) is 4.84. The predicted molar refractivity (Wildman–Crippen MR) is 72.4 cm³/mol. The molecule has 0 bridgehead atoms. The van der Waals surface area contributed by atoms with Gasteiger partial charge in [0.1, 0.15) is 0 Å². The molecular formula is C14H10ClN3O2. The highest BCUT2D eigenvalue weighted by molar-refractivity contribution is 6.30. The number of amides is 2. The van der Waals surface area contributed by atoms with Crippen LogP contribution in [0.4, 0.5) is 0 Å². The Morgan fingerprint density at radius 3 is 2.25 bits per heavy atom. The van der Waals surface area contributed by atoms with Gasteiger partial charge in [0.05, 0.1) is 23.4 Å². The Bertz CT molecular complexity index is 682. The van der Waals surface area contributed by atoms with E-state index in [9.17, 15) is 9.59 Å². The molecule has 1 unspecified atom stereocenters. The van der Waals surface area contributed by atoms with Crippen LogP contribution in [0.1, 0.15) is 39.2 Å². The van der Waals surface area contributed by atoms with Gasteiger partial charge >= 0.3 is 0 Å². The van der Waals surface area contributed by atoms with Crippen molar-refractivity contribution in [3.05, 3.63) is 58.4 Å². The van der Waals surface area contributed by atoms with Gasteiger partial charge in [-0.3, -0.25) is 14.5 Å². The number of rotatable bonds is 2. The lowest BCUT2D eigenvalue weighted by atomic mass is 10.1. The second kappa shape index (κ2) is 4.68. The highest BCUT2D eigenvalue weighted by Gasteiger charge is 2.39. The molecular weight excluding hydrogens is 278 g/mol. The van der Waals surface area contributed by atoms with Crippen molar-refractivity contribution in [3.8, 4) is 0 Å². The number of hydrogen-bond acceptors (Lipinski definition) is 4. The molecule has 1 aromatic carbocycles. The van der Waals surface area contributed by atoms with E-state index in [-0.39, 0.29) is 17.0 Å². The minimum atomic E-state index is -0.495. The summed E-state index contributed by atoms with van der Waals surface area (Å²) >= 11 is 5.98. The molecule has 2 aromatic rings. The van der Waals surface area contributed by atoms with Gasteiger partial charge in [-0.05, 0) is 25.1 Å². The predicted octanol–water partition coefficient (Wildman–Crippen LogP) is 2.49. The maximum absolute atomic E-state index is 12.4. The van der Waals surface area contributed by atoms with Crippen LogP contribution in [0.15, 0.2) is 36.5 Å². The van der Waals surface area contributed by atoms with E-state index in [0.29, 0.717) is 16.7 Å². The Morgan fingerprint density at radius 2 is 1.70 bits per heavy atom. The Morgan fingerprint density at radius 1 is 1.10 bits per heavy atom. The van der Waals surface area contributed by atoms with Gasteiger partial charge in [0, 0.05) is 5.56 Å². The van der Waals surface area contributed by atoms with E-state index in [2.05, 4.69) is 10.2 Å². The van der Waals surface area contributed by atoms with Crippen molar-refractivity contribution in [1.82, 2.24) is 15.1 Å². The third kappa shape index (κ3) is 1.78. The first-order valence-corrected chi connectivity index (χ1v) is 6.43. The van der Waals surface area contributed by atoms with Gasteiger partial charge in [-0.1, -0.05) is 23.7 Å².